The molecule has 0 N–H and O–H groups in total. The SMILES string of the molecule is Fc1cccc(C(CBr)OCC2CC2)c1. The van der Waals surface area contributed by atoms with E-state index in [1.807, 2.05) is 6.07 Å². The second-order valence-electron chi connectivity index (χ2n) is 3.97. The quantitative estimate of drug-likeness (QED) is 0.743. The standard InChI is InChI=1S/C12H14BrFO/c13-7-12(15-8-9-4-5-9)10-2-1-3-11(14)6-10/h1-3,6,9,12H,4-5,7-8H2. The fraction of sp³-hybridized carbons (Fsp3) is 0.500. The summed E-state index contributed by atoms with van der Waals surface area (Å²) in [6, 6.07) is 6.62. The molecule has 1 atom stereocenters. The lowest BCUT2D eigenvalue weighted by atomic mass is 10.1. The van der Waals surface area contributed by atoms with E-state index in [1.54, 1.807) is 12.1 Å². The second kappa shape index (κ2) is 5.08. The van der Waals surface area contributed by atoms with Crippen LogP contribution < -0.4 is 0 Å². The van der Waals surface area contributed by atoms with Gasteiger partial charge in [-0.05, 0) is 36.5 Å². The highest BCUT2D eigenvalue weighted by molar-refractivity contribution is 9.09. The molecule has 1 fully saturated rings. The molecule has 1 aliphatic rings. The first-order valence-corrected chi connectivity index (χ1v) is 6.35. The van der Waals surface area contributed by atoms with Crippen LogP contribution in [0.4, 0.5) is 4.39 Å². The van der Waals surface area contributed by atoms with E-state index in [1.165, 1.54) is 18.9 Å². The van der Waals surface area contributed by atoms with Crippen LogP contribution in [0.15, 0.2) is 24.3 Å². The number of hydrogen-bond acceptors (Lipinski definition) is 1. The highest BCUT2D eigenvalue weighted by Gasteiger charge is 2.23. The van der Waals surface area contributed by atoms with Crippen molar-refractivity contribution in [2.75, 3.05) is 11.9 Å². The van der Waals surface area contributed by atoms with E-state index in [4.69, 9.17) is 4.74 Å². The van der Waals surface area contributed by atoms with Crippen LogP contribution in [0.25, 0.3) is 0 Å². The van der Waals surface area contributed by atoms with E-state index in [9.17, 15) is 4.39 Å². The first kappa shape index (κ1) is 11.1. The number of halogens is 2. The molecule has 3 heteroatoms. The van der Waals surface area contributed by atoms with Crippen molar-refractivity contribution >= 4 is 15.9 Å². The Labute approximate surface area is 97.8 Å². The van der Waals surface area contributed by atoms with Crippen LogP contribution in [-0.4, -0.2) is 11.9 Å². The summed E-state index contributed by atoms with van der Waals surface area (Å²) >= 11 is 3.40. The Hall–Kier alpha value is -0.410. The molecule has 1 nitrogen and oxygen atoms in total. The van der Waals surface area contributed by atoms with Crippen LogP contribution in [0.5, 0.6) is 0 Å². The first-order chi connectivity index (χ1) is 7.29. The van der Waals surface area contributed by atoms with Crippen molar-refractivity contribution in [3.8, 4) is 0 Å². The zero-order chi connectivity index (χ0) is 10.7. The molecule has 0 saturated heterocycles. The van der Waals surface area contributed by atoms with E-state index in [-0.39, 0.29) is 11.9 Å². The Morgan fingerprint density at radius 3 is 2.87 bits per heavy atom. The second-order valence-corrected chi connectivity index (χ2v) is 4.62. The molecule has 15 heavy (non-hydrogen) atoms. The lowest BCUT2D eigenvalue weighted by molar-refractivity contribution is 0.0617. The highest BCUT2D eigenvalue weighted by Crippen LogP contribution is 2.31. The number of rotatable bonds is 5. The summed E-state index contributed by atoms with van der Waals surface area (Å²) < 4.78 is 18.7. The maximum atomic E-state index is 13.0. The summed E-state index contributed by atoms with van der Waals surface area (Å²) in [6.07, 6.45) is 2.53. The maximum absolute atomic E-state index is 13.0. The fourth-order valence-corrected chi connectivity index (χ4v) is 2.03. The van der Waals surface area contributed by atoms with Gasteiger partial charge in [0.05, 0.1) is 12.7 Å². The van der Waals surface area contributed by atoms with Crippen LogP contribution in [-0.2, 0) is 4.74 Å². The largest absolute Gasteiger partial charge is 0.372 e. The molecule has 0 aliphatic heterocycles. The third-order valence-corrected chi connectivity index (χ3v) is 3.18. The average Bonchev–Trinajstić information content (AvgIpc) is 3.03. The van der Waals surface area contributed by atoms with Crippen LogP contribution >= 0.6 is 15.9 Å². The van der Waals surface area contributed by atoms with Gasteiger partial charge in [-0.1, -0.05) is 28.1 Å². The number of ether oxygens (including phenoxy) is 1. The third kappa shape index (κ3) is 3.28. The molecule has 1 aromatic rings. The Morgan fingerprint density at radius 1 is 1.47 bits per heavy atom. The number of alkyl halides is 1. The van der Waals surface area contributed by atoms with Crippen molar-refractivity contribution in [2.24, 2.45) is 5.92 Å². The Bertz CT molecular complexity index is 325. The molecule has 0 heterocycles. The van der Waals surface area contributed by atoms with Gasteiger partial charge in [-0.3, -0.25) is 0 Å². The minimum Gasteiger partial charge on any atom is -0.372 e. The minimum atomic E-state index is -0.200. The first-order valence-electron chi connectivity index (χ1n) is 5.22. The summed E-state index contributed by atoms with van der Waals surface area (Å²) in [5, 5.41) is 0.711. The molecule has 1 unspecified atom stereocenters. The van der Waals surface area contributed by atoms with Gasteiger partial charge < -0.3 is 4.74 Å². The number of benzene rings is 1. The molecule has 0 spiro atoms. The smallest absolute Gasteiger partial charge is 0.123 e. The molecule has 0 aromatic heterocycles. The van der Waals surface area contributed by atoms with Crippen molar-refractivity contribution in [1.82, 2.24) is 0 Å². The zero-order valence-electron chi connectivity index (χ0n) is 8.46. The normalized spacial score (nSPS) is 17.7. The Balaban J connectivity index is 1.97. The van der Waals surface area contributed by atoms with Crippen LogP contribution in [0.3, 0.4) is 0 Å². The van der Waals surface area contributed by atoms with E-state index in [0.717, 1.165) is 18.1 Å². The predicted octanol–water partition coefficient (Wildman–Crippen LogP) is 3.69. The maximum Gasteiger partial charge on any atom is 0.123 e. The summed E-state index contributed by atoms with van der Waals surface area (Å²) in [5.74, 6) is 0.536. The lowest BCUT2D eigenvalue weighted by Crippen LogP contribution is -2.08. The van der Waals surface area contributed by atoms with E-state index in [2.05, 4.69) is 15.9 Å². The zero-order valence-corrected chi connectivity index (χ0v) is 10.0. The molecule has 1 aliphatic carbocycles. The van der Waals surface area contributed by atoms with Gasteiger partial charge in [0.1, 0.15) is 5.82 Å². The summed E-state index contributed by atoms with van der Waals surface area (Å²) in [7, 11) is 0. The summed E-state index contributed by atoms with van der Waals surface area (Å²) in [5.41, 5.74) is 0.910. The minimum absolute atomic E-state index is 0.0266. The molecule has 0 bridgehead atoms. The van der Waals surface area contributed by atoms with Gasteiger partial charge in [-0.2, -0.15) is 0 Å². The van der Waals surface area contributed by atoms with E-state index >= 15 is 0 Å². The van der Waals surface area contributed by atoms with Gasteiger partial charge in [-0.25, -0.2) is 4.39 Å². The van der Waals surface area contributed by atoms with Gasteiger partial charge in [0.25, 0.3) is 0 Å². The molecule has 1 aromatic carbocycles. The topological polar surface area (TPSA) is 9.23 Å². The van der Waals surface area contributed by atoms with Gasteiger partial charge in [0, 0.05) is 5.33 Å². The summed E-state index contributed by atoms with van der Waals surface area (Å²) in [6.45, 7) is 0.798. The van der Waals surface area contributed by atoms with Gasteiger partial charge in [-0.15, -0.1) is 0 Å². The van der Waals surface area contributed by atoms with Crippen molar-refractivity contribution < 1.29 is 9.13 Å². The van der Waals surface area contributed by atoms with Crippen molar-refractivity contribution in [3.63, 3.8) is 0 Å². The van der Waals surface area contributed by atoms with Gasteiger partial charge >= 0.3 is 0 Å². The molecular formula is C12H14BrFO. The highest BCUT2D eigenvalue weighted by atomic mass is 79.9. The van der Waals surface area contributed by atoms with Crippen molar-refractivity contribution in [2.45, 2.75) is 18.9 Å². The Kier molecular flexibility index (Phi) is 3.76. The average molecular weight is 273 g/mol. The number of hydrogen-bond donors (Lipinski definition) is 0. The van der Waals surface area contributed by atoms with Crippen LogP contribution in [0, 0.1) is 11.7 Å². The molecular weight excluding hydrogens is 259 g/mol. The molecule has 82 valence electrons. The molecule has 1 saturated carbocycles. The third-order valence-electron chi connectivity index (χ3n) is 2.59. The molecule has 0 radical (unpaired) electrons. The van der Waals surface area contributed by atoms with Gasteiger partial charge in [0.15, 0.2) is 0 Å². The monoisotopic (exact) mass is 272 g/mol. The Morgan fingerprint density at radius 2 is 2.27 bits per heavy atom. The van der Waals surface area contributed by atoms with Gasteiger partial charge in [0.2, 0.25) is 0 Å². The lowest BCUT2D eigenvalue weighted by Gasteiger charge is -2.15. The van der Waals surface area contributed by atoms with Crippen molar-refractivity contribution in [1.29, 1.82) is 0 Å². The predicted molar refractivity (Wildman–Crippen MR) is 61.6 cm³/mol. The van der Waals surface area contributed by atoms with E-state index < -0.39 is 0 Å². The van der Waals surface area contributed by atoms with E-state index in [0.29, 0.717) is 5.33 Å². The molecule has 0 amide bonds. The van der Waals surface area contributed by atoms with Crippen molar-refractivity contribution in [3.05, 3.63) is 35.6 Å². The summed E-state index contributed by atoms with van der Waals surface area (Å²) in [4.78, 5) is 0. The van der Waals surface area contributed by atoms with Crippen LogP contribution in [0.1, 0.15) is 24.5 Å². The fourth-order valence-electron chi connectivity index (χ4n) is 1.47. The molecule has 2 rings (SSSR count). The van der Waals surface area contributed by atoms with Crippen LogP contribution in [0.2, 0.25) is 0 Å².